The van der Waals surface area contributed by atoms with Gasteiger partial charge in [0, 0.05) is 51.5 Å². The molecule has 0 aliphatic carbocycles. The first-order chi connectivity index (χ1) is 7.81. The zero-order valence-corrected chi connectivity index (χ0v) is 10.5. The number of aryl methyl sites for hydroxylation is 1. The van der Waals surface area contributed by atoms with Crippen molar-refractivity contribution in [3.05, 3.63) is 12.4 Å². The number of rotatable bonds is 3. The van der Waals surface area contributed by atoms with Crippen LogP contribution in [0.3, 0.4) is 0 Å². The van der Waals surface area contributed by atoms with Crippen LogP contribution in [0.5, 0.6) is 0 Å². The van der Waals surface area contributed by atoms with Crippen molar-refractivity contribution in [1.29, 1.82) is 0 Å². The van der Waals surface area contributed by atoms with Crippen LogP contribution >= 0.6 is 11.6 Å². The van der Waals surface area contributed by atoms with Crippen LogP contribution in [0.2, 0.25) is 0 Å². The normalized spacial score (nSPS) is 18.8. The van der Waals surface area contributed by atoms with Crippen LogP contribution in [0.15, 0.2) is 12.4 Å². The van der Waals surface area contributed by atoms with Gasteiger partial charge in [-0.2, -0.15) is 0 Å². The molecular formula is C11H19ClN4. The van der Waals surface area contributed by atoms with E-state index in [0.29, 0.717) is 0 Å². The second-order valence-electron chi connectivity index (χ2n) is 4.21. The van der Waals surface area contributed by atoms with Gasteiger partial charge in [-0.25, -0.2) is 4.98 Å². The van der Waals surface area contributed by atoms with E-state index >= 15 is 0 Å². The highest BCUT2D eigenvalue weighted by Crippen LogP contribution is 2.12. The number of halogens is 1. The largest absolute Gasteiger partial charge is 0.341 e. The summed E-state index contributed by atoms with van der Waals surface area (Å²) in [6.07, 6.45) is 5.04. The molecule has 0 aromatic carbocycles. The number of hydrogen-bond donors (Lipinski definition) is 0. The fraction of sp³-hybridized carbons (Fsp3) is 0.727. The number of aromatic nitrogens is 2. The van der Waals surface area contributed by atoms with Crippen molar-refractivity contribution in [2.75, 3.05) is 43.5 Å². The fourth-order valence-corrected chi connectivity index (χ4v) is 2.42. The summed E-state index contributed by atoms with van der Waals surface area (Å²) in [5, 5.41) is 0. The Labute approximate surface area is 102 Å². The van der Waals surface area contributed by atoms with Crippen LogP contribution in [0.25, 0.3) is 0 Å². The minimum atomic E-state index is 0.725. The smallest absolute Gasteiger partial charge is 0.205 e. The number of hydrogen-bond acceptors (Lipinski definition) is 3. The first kappa shape index (κ1) is 11.7. The molecule has 0 radical (unpaired) electrons. The van der Waals surface area contributed by atoms with E-state index in [2.05, 4.69) is 19.4 Å². The van der Waals surface area contributed by atoms with E-state index in [0.717, 1.165) is 44.6 Å². The molecule has 2 rings (SSSR count). The molecule has 2 heterocycles. The number of imidazole rings is 1. The fourth-order valence-electron chi connectivity index (χ4n) is 2.18. The molecule has 1 aliphatic rings. The molecule has 90 valence electrons. The third-order valence-electron chi connectivity index (χ3n) is 3.07. The van der Waals surface area contributed by atoms with Gasteiger partial charge in [0.2, 0.25) is 5.95 Å². The summed E-state index contributed by atoms with van der Waals surface area (Å²) in [5.74, 6) is 1.80. The number of nitrogens with zero attached hydrogens (tertiary/aromatic N) is 4. The molecule has 1 aliphatic heterocycles. The summed E-state index contributed by atoms with van der Waals surface area (Å²) in [7, 11) is 2.05. The molecule has 1 aromatic rings. The highest BCUT2D eigenvalue weighted by atomic mass is 35.5. The summed E-state index contributed by atoms with van der Waals surface area (Å²) in [6, 6.07) is 0. The topological polar surface area (TPSA) is 24.3 Å². The molecule has 0 spiro atoms. The Morgan fingerprint density at radius 2 is 2.19 bits per heavy atom. The Hall–Kier alpha value is -0.740. The monoisotopic (exact) mass is 242 g/mol. The van der Waals surface area contributed by atoms with E-state index in [1.165, 1.54) is 6.42 Å². The van der Waals surface area contributed by atoms with Crippen LogP contribution in [-0.2, 0) is 7.05 Å². The van der Waals surface area contributed by atoms with Gasteiger partial charge < -0.3 is 14.4 Å². The van der Waals surface area contributed by atoms with E-state index in [1.807, 2.05) is 19.4 Å². The summed E-state index contributed by atoms with van der Waals surface area (Å²) >= 11 is 5.78. The molecule has 0 amide bonds. The quantitative estimate of drug-likeness (QED) is 0.744. The van der Waals surface area contributed by atoms with Crippen molar-refractivity contribution in [1.82, 2.24) is 14.5 Å². The van der Waals surface area contributed by atoms with Crippen LogP contribution in [-0.4, -0.2) is 53.1 Å². The molecule has 1 aromatic heterocycles. The summed E-state index contributed by atoms with van der Waals surface area (Å²) < 4.78 is 2.08. The van der Waals surface area contributed by atoms with Gasteiger partial charge in [-0.3, -0.25) is 0 Å². The lowest BCUT2D eigenvalue weighted by molar-refractivity contribution is 0.311. The molecular weight excluding hydrogens is 224 g/mol. The minimum absolute atomic E-state index is 0.725. The van der Waals surface area contributed by atoms with Gasteiger partial charge in [0.05, 0.1) is 0 Å². The molecule has 0 atom stereocenters. The zero-order chi connectivity index (χ0) is 11.4. The summed E-state index contributed by atoms with van der Waals surface area (Å²) in [6.45, 7) is 5.36. The second kappa shape index (κ2) is 5.55. The Morgan fingerprint density at radius 3 is 2.88 bits per heavy atom. The van der Waals surface area contributed by atoms with Crippen molar-refractivity contribution in [2.45, 2.75) is 6.42 Å². The van der Waals surface area contributed by atoms with Crippen LogP contribution < -0.4 is 4.90 Å². The van der Waals surface area contributed by atoms with E-state index in [4.69, 9.17) is 11.6 Å². The van der Waals surface area contributed by atoms with Gasteiger partial charge in [0.25, 0.3) is 0 Å². The Bertz CT molecular complexity index is 326. The minimum Gasteiger partial charge on any atom is -0.341 e. The third kappa shape index (κ3) is 2.68. The molecule has 1 fully saturated rings. The van der Waals surface area contributed by atoms with Crippen LogP contribution in [0.4, 0.5) is 5.95 Å². The average Bonchev–Trinajstić information content (AvgIpc) is 2.57. The first-order valence-electron chi connectivity index (χ1n) is 5.82. The molecule has 16 heavy (non-hydrogen) atoms. The van der Waals surface area contributed by atoms with Gasteiger partial charge in [0.15, 0.2) is 0 Å². The maximum Gasteiger partial charge on any atom is 0.205 e. The zero-order valence-electron chi connectivity index (χ0n) is 9.77. The lowest BCUT2D eigenvalue weighted by Crippen LogP contribution is -2.32. The Balaban J connectivity index is 1.96. The molecule has 0 unspecified atom stereocenters. The highest BCUT2D eigenvalue weighted by Gasteiger charge is 2.16. The summed E-state index contributed by atoms with van der Waals surface area (Å²) in [4.78, 5) is 9.18. The van der Waals surface area contributed by atoms with E-state index in [9.17, 15) is 0 Å². The number of anilines is 1. The molecule has 4 nitrogen and oxygen atoms in total. The highest BCUT2D eigenvalue weighted by molar-refractivity contribution is 6.18. The Morgan fingerprint density at radius 1 is 1.31 bits per heavy atom. The molecule has 0 bridgehead atoms. The Kier molecular flexibility index (Phi) is 4.07. The lowest BCUT2D eigenvalue weighted by Gasteiger charge is -2.22. The molecule has 0 N–H and O–H groups in total. The van der Waals surface area contributed by atoms with Crippen molar-refractivity contribution in [3.63, 3.8) is 0 Å². The van der Waals surface area contributed by atoms with Crippen LogP contribution in [0, 0.1) is 0 Å². The number of alkyl halides is 1. The predicted molar refractivity (Wildman–Crippen MR) is 67.2 cm³/mol. The van der Waals surface area contributed by atoms with Gasteiger partial charge in [-0.05, 0) is 13.0 Å². The van der Waals surface area contributed by atoms with E-state index < -0.39 is 0 Å². The molecule has 5 heteroatoms. The standard InChI is InChI=1S/C11H19ClN4/c1-14-8-4-13-11(14)16-6-2-5-15(7-3-12)9-10-16/h4,8H,2-3,5-7,9-10H2,1H3. The second-order valence-corrected chi connectivity index (χ2v) is 4.59. The van der Waals surface area contributed by atoms with Crippen molar-refractivity contribution in [3.8, 4) is 0 Å². The van der Waals surface area contributed by atoms with Gasteiger partial charge in [-0.15, -0.1) is 11.6 Å². The van der Waals surface area contributed by atoms with Gasteiger partial charge in [0.1, 0.15) is 0 Å². The molecule has 1 saturated heterocycles. The van der Waals surface area contributed by atoms with Crippen molar-refractivity contribution in [2.24, 2.45) is 7.05 Å². The maximum atomic E-state index is 5.78. The SMILES string of the molecule is Cn1ccnc1N1CCCN(CCCl)CC1. The third-order valence-corrected chi connectivity index (χ3v) is 3.24. The maximum absolute atomic E-state index is 5.78. The van der Waals surface area contributed by atoms with E-state index in [-0.39, 0.29) is 0 Å². The first-order valence-corrected chi connectivity index (χ1v) is 6.35. The predicted octanol–water partition coefficient (Wildman–Crippen LogP) is 1.17. The van der Waals surface area contributed by atoms with Crippen LogP contribution in [0.1, 0.15) is 6.42 Å². The van der Waals surface area contributed by atoms with Crippen molar-refractivity contribution < 1.29 is 0 Å². The van der Waals surface area contributed by atoms with E-state index in [1.54, 1.807) is 0 Å². The molecule has 0 saturated carbocycles. The summed E-state index contributed by atoms with van der Waals surface area (Å²) in [5.41, 5.74) is 0. The van der Waals surface area contributed by atoms with Gasteiger partial charge >= 0.3 is 0 Å². The van der Waals surface area contributed by atoms with Gasteiger partial charge in [-0.1, -0.05) is 0 Å². The lowest BCUT2D eigenvalue weighted by atomic mass is 10.4. The van der Waals surface area contributed by atoms with Crippen molar-refractivity contribution >= 4 is 17.5 Å². The average molecular weight is 243 g/mol.